The van der Waals surface area contributed by atoms with Gasteiger partial charge in [-0.3, -0.25) is 0 Å². The van der Waals surface area contributed by atoms with Crippen LogP contribution in [0, 0.1) is 11.3 Å². The third-order valence-corrected chi connectivity index (χ3v) is 3.49. The molecular weight excluding hydrogens is 248 g/mol. The van der Waals surface area contributed by atoms with Crippen molar-refractivity contribution in [2.75, 3.05) is 10.6 Å². The van der Waals surface area contributed by atoms with Crippen LogP contribution in [-0.4, -0.2) is 11.0 Å². The van der Waals surface area contributed by atoms with Crippen LogP contribution in [0.5, 0.6) is 0 Å². The molecule has 1 saturated carbocycles. The SMILES string of the molecule is N#Cc1ncccc1N(Cc1cccc(N)c1)C1CC1. The van der Waals surface area contributed by atoms with Gasteiger partial charge in [-0.2, -0.15) is 5.26 Å². The van der Waals surface area contributed by atoms with Crippen molar-refractivity contribution in [3.05, 3.63) is 53.9 Å². The van der Waals surface area contributed by atoms with Crippen LogP contribution in [0.2, 0.25) is 0 Å². The molecule has 2 aromatic rings. The summed E-state index contributed by atoms with van der Waals surface area (Å²) in [5.74, 6) is 0. The summed E-state index contributed by atoms with van der Waals surface area (Å²) < 4.78 is 0. The average molecular weight is 264 g/mol. The molecule has 2 N–H and O–H groups in total. The van der Waals surface area contributed by atoms with Crippen LogP contribution in [0.1, 0.15) is 24.1 Å². The molecule has 0 saturated heterocycles. The summed E-state index contributed by atoms with van der Waals surface area (Å²) in [7, 11) is 0. The highest BCUT2D eigenvalue weighted by Crippen LogP contribution is 2.34. The number of rotatable bonds is 4. The highest BCUT2D eigenvalue weighted by molar-refractivity contribution is 5.58. The topological polar surface area (TPSA) is 65.9 Å². The van der Waals surface area contributed by atoms with E-state index in [9.17, 15) is 5.26 Å². The molecule has 0 unspecified atom stereocenters. The molecule has 1 heterocycles. The van der Waals surface area contributed by atoms with Gasteiger partial charge in [0.15, 0.2) is 5.69 Å². The lowest BCUT2D eigenvalue weighted by Gasteiger charge is -2.25. The van der Waals surface area contributed by atoms with E-state index in [2.05, 4.69) is 22.0 Å². The molecule has 3 rings (SSSR count). The van der Waals surface area contributed by atoms with Crippen molar-refractivity contribution in [2.24, 2.45) is 0 Å². The Kier molecular flexibility index (Phi) is 3.26. The number of nitrogen functional groups attached to an aromatic ring is 1. The lowest BCUT2D eigenvalue weighted by molar-refractivity contribution is 0.790. The summed E-state index contributed by atoms with van der Waals surface area (Å²) in [6.07, 6.45) is 4.00. The minimum absolute atomic E-state index is 0.489. The van der Waals surface area contributed by atoms with E-state index in [0.717, 1.165) is 23.5 Å². The summed E-state index contributed by atoms with van der Waals surface area (Å²) in [4.78, 5) is 6.42. The normalized spacial score (nSPS) is 13.8. The van der Waals surface area contributed by atoms with Crippen LogP contribution >= 0.6 is 0 Å². The van der Waals surface area contributed by atoms with Crippen LogP contribution in [-0.2, 0) is 6.54 Å². The molecule has 100 valence electrons. The Morgan fingerprint density at radius 3 is 2.85 bits per heavy atom. The van der Waals surface area contributed by atoms with Crippen LogP contribution in [0.4, 0.5) is 11.4 Å². The van der Waals surface area contributed by atoms with Crippen molar-refractivity contribution >= 4 is 11.4 Å². The molecule has 1 aromatic carbocycles. The molecule has 0 amide bonds. The fraction of sp³-hybridized carbons (Fsp3) is 0.250. The number of benzene rings is 1. The van der Waals surface area contributed by atoms with Crippen molar-refractivity contribution in [3.63, 3.8) is 0 Å². The number of aromatic nitrogens is 1. The molecule has 1 aromatic heterocycles. The molecule has 0 atom stereocenters. The molecule has 4 nitrogen and oxygen atoms in total. The largest absolute Gasteiger partial charge is 0.399 e. The Balaban J connectivity index is 1.92. The summed E-state index contributed by atoms with van der Waals surface area (Å²) in [6, 6.07) is 14.4. The predicted octanol–water partition coefficient (Wildman–Crippen LogP) is 2.70. The zero-order valence-electron chi connectivity index (χ0n) is 11.2. The van der Waals surface area contributed by atoms with Gasteiger partial charge in [-0.05, 0) is 42.7 Å². The molecule has 1 fully saturated rings. The van der Waals surface area contributed by atoms with Gasteiger partial charge < -0.3 is 10.6 Å². The van der Waals surface area contributed by atoms with Gasteiger partial charge in [0.05, 0.1) is 5.69 Å². The van der Waals surface area contributed by atoms with Gasteiger partial charge in [-0.15, -0.1) is 0 Å². The Morgan fingerprint density at radius 2 is 2.15 bits per heavy atom. The number of hydrogen-bond donors (Lipinski definition) is 1. The fourth-order valence-electron chi connectivity index (χ4n) is 2.40. The molecule has 0 radical (unpaired) electrons. The number of anilines is 2. The predicted molar refractivity (Wildman–Crippen MR) is 79.0 cm³/mol. The van der Waals surface area contributed by atoms with Gasteiger partial charge in [-0.25, -0.2) is 4.98 Å². The van der Waals surface area contributed by atoms with Crippen molar-refractivity contribution in [1.82, 2.24) is 4.98 Å². The van der Waals surface area contributed by atoms with Crippen molar-refractivity contribution < 1.29 is 0 Å². The van der Waals surface area contributed by atoms with Gasteiger partial charge >= 0.3 is 0 Å². The standard InChI is InChI=1S/C16H16N4/c17-10-15-16(5-2-8-19-15)20(14-6-7-14)11-12-3-1-4-13(18)9-12/h1-5,8-9,14H,6-7,11,18H2. The van der Waals surface area contributed by atoms with Gasteiger partial charge in [0.1, 0.15) is 6.07 Å². The summed E-state index contributed by atoms with van der Waals surface area (Å²) in [5.41, 5.74) is 9.17. The highest BCUT2D eigenvalue weighted by atomic mass is 15.2. The average Bonchev–Trinajstić information content (AvgIpc) is 3.29. The molecule has 4 heteroatoms. The Hall–Kier alpha value is -2.54. The van der Waals surface area contributed by atoms with Gasteiger partial charge in [0.2, 0.25) is 0 Å². The van der Waals surface area contributed by atoms with E-state index < -0.39 is 0 Å². The Morgan fingerprint density at radius 1 is 1.30 bits per heavy atom. The number of nitrogens with two attached hydrogens (primary N) is 1. The molecule has 20 heavy (non-hydrogen) atoms. The first-order chi connectivity index (χ1) is 9.78. The summed E-state index contributed by atoms with van der Waals surface area (Å²) in [5, 5.41) is 9.22. The van der Waals surface area contributed by atoms with Crippen LogP contribution < -0.4 is 10.6 Å². The minimum atomic E-state index is 0.489. The zero-order chi connectivity index (χ0) is 13.9. The monoisotopic (exact) mass is 264 g/mol. The number of nitriles is 1. The van der Waals surface area contributed by atoms with E-state index in [-0.39, 0.29) is 0 Å². The number of nitrogens with zero attached hydrogens (tertiary/aromatic N) is 3. The summed E-state index contributed by atoms with van der Waals surface area (Å²) >= 11 is 0. The van der Waals surface area contributed by atoms with E-state index in [1.165, 1.54) is 12.8 Å². The second-order valence-electron chi connectivity index (χ2n) is 5.09. The van der Waals surface area contributed by atoms with Crippen molar-refractivity contribution in [1.29, 1.82) is 5.26 Å². The molecule has 0 aliphatic heterocycles. The van der Waals surface area contributed by atoms with E-state index in [4.69, 9.17) is 5.73 Å². The van der Waals surface area contributed by atoms with Gasteiger partial charge in [-0.1, -0.05) is 12.1 Å². The van der Waals surface area contributed by atoms with E-state index in [0.29, 0.717) is 11.7 Å². The fourth-order valence-corrected chi connectivity index (χ4v) is 2.40. The van der Waals surface area contributed by atoms with Gasteiger partial charge in [0.25, 0.3) is 0 Å². The molecule has 0 bridgehead atoms. The first kappa shape index (κ1) is 12.5. The highest BCUT2D eigenvalue weighted by Gasteiger charge is 2.30. The lowest BCUT2D eigenvalue weighted by Crippen LogP contribution is -2.26. The summed E-state index contributed by atoms with van der Waals surface area (Å²) in [6.45, 7) is 0.760. The van der Waals surface area contributed by atoms with Crippen LogP contribution in [0.3, 0.4) is 0 Å². The zero-order valence-corrected chi connectivity index (χ0v) is 11.2. The second-order valence-corrected chi connectivity index (χ2v) is 5.09. The third kappa shape index (κ3) is 2.57. The Labute approximate surface area is 118 Å². The molecule has 1 aliphatic rings. The van der Waals surface area contributed by atoms with E-state index in [1.54, 1.807) is 6.20 Å². The van der Waals surface area contributed by atoms with Crippen LogP contribution in [0.25, 0.3) is 0 Å². The first-order valence-electron chi connectivity index (χ1n) is 6.74. The Bertz CT molecular complexity index is 656. The maximum Gasteiger partial charge on any atom is 0.163 e. The van der Waals surface area contributed by atoms with E-state index in [1.807, 2.05) is 30.3 Å². The lowest BCUT2D eigenvalue weighted by atomic mass is 10.1. The quantitative estimate of drug-likeness (QED) is 0.862. The first-order valence-corrected chi connectivity index (χ1v) is 6.74. The molecule has 0 spiro atoms. The second kappa shape index (κ2) is 5.22. The van der Waals surface area contributed by atoms with Crippen molar-refractivity contribution in [3.8, 4) is 6.07 Å². The van der Waals surface area contributed by atoms with Crippen LogP contribution in [0.15, 0.2) is 42.6 Å². The molecule has 1 aliphatic carbocycles. The third-order valence-electron chi connectivity index (χ3n) is 3.49. The van der Waals surface area contributed by atoms with Crippen molar-refractivity contribution in [2.45, 2.75) is 25.4 Å². The van der Waals surface area contributed by atoms with Gasteiger partial charge in [0, 0.05) is 24.5 Å². The maximum absolute atomic E-state index is 9.22. The number of hydrogen-bond acceptors (Lipinski definition) is 4. The van der Waals surface area contributed by atoms with E-state index >= 15 is 0 Å². The number of pyridine rings is 1. The minimum Gasteiger partial charge on any atom is -0.399 e. The smallest absolute Gasteiger partial charge is 0.163 e. The molecular formula is C16H16N4. The maximum atomic E-state index is 9.22.